The van der Waals surface area contributed by atoms with E-state index in [0.29, 0.717) is 0 Å². The lowest BCUT2D eigenvalue weighted by Crippen LogP contribution is -2.24. The second-order valence-electron chi connectivity index (χ2n) is 1.29. The van der Waals surface area contributed by atoms with E-state index in [4.69, 9.17) is 5.73 Å². The van der Waals surface area contributed by atoms with Crippen LogP contribution in [0.2, 0.25) is 0 Å². The van der Waals surface area contributed by atoms with Gasteiger partial charge in [-0.05, 0) is 6.08 Å². The van der Waals surface area contributed by atoms with Crippen molar-refractivity contribution in [2.45, 2.75) is 6.04 Å². The van der Waals surface area contributed by atoms with Crippen LogP contribution in [-0.2, 0) is 9.53 Å². The van der Waals surface area contributed by atoms with E-state index in [1.165, 1.54) is 12.3 Å². The Balaban J connectivity index is 2.62. The summed E-state index contributed by atoms with van der Waals surface area (Å²) < 4.78 is 4.32. The van der Waals surface area contributed by atoms with Gasteiger partial charge < -0.3 is 10.5 Å². The van der Waals surface area contributed by atoms with Gasteiger partial charge in [0.2, 0.25) is 0 Å². The van der Waals surface area contributed by atoms with Gasteiger partial charge in [-0.2, -0.15) is 0 Å². The van der Waals surface area contributed by atoms with Crippen molar-refractivity contribution in [3.8, 4) is 0 Å². The van der Waals surface area contributed by atoms with Gasteiger partial charge in [0.1, 0.15) is 6.04 Å². The van der Waals surface area contributed by atoms with Gasteiger partial charge in [-0.3, -0.25) is 0 Å². The average molecular weight is 99.1 g/mol. The van der Waals surface area contributed by atoms with Crippen LogP contribution in [0.25, 0.3) is 0 Å². The Kier molecular flexibility index (Phi) is 0.834. The average Bonchev–Trinajstić information content (AvgIpc) is 1.91. The highest BCUT2D eigenvalue weighted by atomic mass is 16.5. The summed E-state index contributed by atoms with van der Waals surface area (Å²) in [6.45, 7) is 0. The molecule has 0 aromatic heterocycles. The summed E-state index contributed by atoms with van der Waals surface area (Å²) in [7, 11) is 0. The van der Waals surface area contributed by atoms with Crippen LogP contribution < -0.4 is 5.73 Å². The zero-order chi connectivity index (χ0) is 5.28. The van der Waals surface area contributed by atoms with Crippen LogP contribution >= 0.6 is 0 Å². The monoisotopic (exact) mass is 99.0 g/mol. The first-order valence-electron chi connectivity index (χ1n) is 1.93. The van der Waals surface area contributed by atoms with E-state index >= 15 is 0 Å². The molecule has 0 bridgehead atoms. The maximum absolute atomic E-state index is 10.2. The van der Waals surface area contributed by atoms with Crippen molar-refractivity contribution in [1.29, 1.82) is 0 Å². The highest BCUT2D eigenvalue weighted by molar-refractivity contribution is 5.80. The molecule has 1 aliphatic rings. The zero-order valence-corrected chi connectivity index (χ0v) is 3.63. The van der Waals surface area contributed by atoms with Gasteiger partial charge in [-0.15, -0.1) is 0 Å². The predicted octanol–water partition coefficient (Wildman–Crippen LogP) is -0.616. The van der Waals surface area contributed by atoms with Gasteiger partial charge in [-0.25, -0.2) is 4.79 Å². The normalized spacial score (nSPS) is 28.1. The Labute approximate surface area is 40.8 Å². The van der Waals surface area contributed by atoms with Crippen molar-refractivity contribution in [3.63, 3.8) is 0 Å². The first-order valence-corrected chi connectivity index (χ1v) is 1.93. The van der Waals surface area contributed by atoms with Crippen molar-refractivity contribution < 1.29 is 9.53 Å². The minimum atomic E-state index is -0.528. The van der Waals surface area contributed by atoms with E-state index in [1.54, 1.807) is 0 Å². The largest absolute Gasteiger partial charge is 0.433 e. The molecule has 1 heterocycles. The molecule has 1 atom stereocenters. The second kappa shape index (κ2) is 1.35. The lowest BCUT2D eigenvalue weighted by atomic mass is 10.3. The lowest BCUT2D eigenvalue weighted by Gasteiger charge is -1.89. The number of rotatable bonds is 0. The van der Waals surface area contributed by atoms with Gasteiger partial charge >= 0.3 is 5.97 Å². The van der Waals surface area contributed by atoms with Crippen LogP contribution in [0.5, 0.6) is 0 Å². The number of hydrogen-bond acceptors (Lipinski definition) is 3. The Hall–Kier alpha value is -0.830. The third kappa shape index (κ3) is 0.618. The first-order chi connectivity index (χ1) is 3.30. The molecule has 1 rings (SSSR count). The molecule has 38 valence electrons. The topological polar surface area (TPSA) is 52.3 Å². The molecule has 0 aromatic rings. The Morgan fingerprint density at radius 1 is 1.86 bits per heavy atom. The Bertz CT molecular complexity index is 119. The standard InChI is InChI=1S/C4H5NO2/c5-3-1-2-7-4(3)6/h1-3H,5H2/t3-/m1/s1. The molecule has 0 amide bonds. The van der Waals surface area contributed by atoms with E-state index < -0.39 is 6.04 Å². The molecule has 0 radical (unpaired) electrons. The van der Waals surface area contributed by atoms with E-state index in [1.807, 2.05) is 0 Å². The number of carbonyl (C=O) groups excluding carboxylic acids is 1. The van der Waals surface area contributed by atoms with Gasteiger partial charge in [0.05, 0.1) is 6.26 Å². The fraction of sp³-hybridized carbons (Fsp3) is 0.250. The van der Waals surface area contributed by atoms with Crippen molar-refractivity contribution in [2.24, 2.45) is 5.73 Å². The van der Waals surface area contributed by atoms with Crippen LogP contribution in [0.3, 0.4) is 0 Å². The molecule has 1 aliphatic heterocycles. The summed E-state index contributed by atoms with van der Waals surface area (Å²) in [4.78, 5) is 10.2. The summed E-state index contributed by atoms with van der Waals surface area (Å²) in [5, 5.41) is 0. The maximum atomic E-state index is 10.2. The SMILES string of the molecule is N[C@@H]1C=COC1=O. The molecule has 7 heavy (non-hydrogen) atoms. The maximum Gasteiger partial charge on any atom is 0.331 e. The first kappa shape index (κ1) is 4.33. The summed E-state index contributed by atoms with van der Waals surface area (Å²) in [6.07, 6.45) is 2.80. The molecule has 2 N–H and O–H groups in total. The predicted molar refractivity (Wildman–Crippen MR) is 23.2 cm³/mol. The van der Waals surface area contributed by atoms with Crippen LogP contribution in [0.4, 0.5) is 0 Å². The Morgan fingerprint density at radius 2 is 2.57 bits per heavy atom. The van der Waals surface area contributed by atoms with Crippen molar-refractivity contribution >= 4 is 5.97 Å². The molecule has 3 nitrogen and oxygen atoms in total. The molecule has 0 spiro atoms. The molecule has 0 aliphatic carbocycles. The van der Waals surface area contributed by atoms with Gasteiger partial charge in [0.25, 0.3) is 0 Å². The van der Waals surface area contributed by atoms with Gasteiger partial charge in [-0.1, -0.05) is 0 Å². The summed E-state index contributed by atoms with van der Waals surface area (Å²) in [5.74, 6) is -0.375. The lowest BCUT2D eigenvalue weighted by molar-refractivity contribution is -0.136. The smallest absolute Gasteiger partial charge is 0.331 e. The molecular formula is C4H5NO2. The van der Waals surface area contributed by atoms with Crippen LogP contribution in [0, 0.1) is 0 Å². The highest BCUT2D eigenvalue weighted by Gasteiger charge is 2.14. The minimum Gasteiger partial charge on any atom is -0.433 e. The fourth-order valence-electron chi connectivity index (χ4n) is 0.348. The molecule has 0 saturated carbocycles. The third-order valence-corrected chi connectivity index (χ3v) is 0.742. The number of cyclic esters (lactones) is 1. The summed E-state index contributed by atoms with van der Waals surface area (Å²) in [5.41, 5.74) is 5.12. The van der Waals surface area contributed by atoms with Crippen molar-refractivity contribution in [1.82, 2.24) is 0 Å². The van der Waals surface area contributed by atoms with E-state index in [-0.39, 0.29) is 5.97 Å². The van der Waals surface area contributed by atoms with Gasteiger partial charge in [0, 0.05) is 0 Å². The van der Waals surface area contributed by atoms with E-state index in [0.717, 1.165) is 0 Å². The number of carbonyl (C=O) groups is 1. The van der Waals surface area contributed by atoms with Crippen molar-refractivity contribution in [2.75, 3.05) is 0 Å². The molecule has 0 aromatic carbocycles. The Morgan fingerprint density at radius 3 is 2.71 bits per heavy atom. The number of hydrogen-bond donors (Lipinski definition) is 1. The van der Waals surface area contributed by atoms with Gasteiger partial charge in [0.15, 0.2) is 0 Å². The second-order valence-corrected chi connectivity index (χ2v) is 1.29. The van der Waals surface area contributed by atoms with Crippen molar-refractivity contribution in [3.05, 3.63) is 12.3 Å². The minimum absolute atomic E-state index is 0.375. The van der Waals surface area contributed by atoms with E-state index in [9.17, 15) is 4.79 Å². The molecule has 0 saturated heterocycles. The number of ether oxygens (including phenoxy) is 1. The molecule has 3 heteroatoms. The zero-order valence-electron chi connectivity index (χ0n) is 3.63. The quantitative estimate of drug-likeness (QED) is 0.412. The van der Waals surface area contributed by atoms with E-state index in [2.05, 4.69) is 4.74 Å². The molecule has 0 unspecified atom stereocenters. The third-order valence-electron chi connectivity index (χ3n) is 0.742. The number of esters is 1. The molecular weight excluding hydrogens is 94.0 g/mol. The summed E-state index contributed by atoms with van der Waals surface area (Å²) >= 11 is 0. The number of nitrogens with two attached hydrogens (primary N) is 1. The molecule has 0 fully saturated rings. The summed E-state index contributed by atoms with van der Waals surface area (Å²) in [6, 6.07) is -0.528. The fourth-order valence-corrected chi connectivity index (χ4v) is 0.348. The highest BCUT2D eigenvalue weighted by Crippen LogP contribution is 1.96. The van der Waals surface area contributed by atoms with Crippen LogP contribution in [-0.4, -0.2) is 12.0 Å². The van der Waals surface area contributed by atoms with Crippen LogP contribution in [0.1, 0.15) is 0 Å². The van der Waals surface area contributed by atoms with Crippen LogP contribution in [0.15, 0.2) is 12.3 Å².